The van der Waals surface area contributed by atoms with E-state index in [0.29, 0.717) is 32.5 Å². The molecular formula is C16H36N6O2. The molecule has 0 aromatic heterocycles. The predicted octanol–water partition coefficient (Wildman–Crippen LogP) is -1.48. The van der Waals surface area contributed by atoms with Crippen LogP contribution in [-0.2, 0) is 9.59 Å². The molecule has 7 N–H and O–H groups in total. The van der Waals surface area contributed by atoms with Gasteiger partial charge in [-0.3, -0.25) is 9.59 Å². The minimum atomic E-state index is -0.244. The monoisotopic (exact) mass is 344 g/mol. The van der Waals surface area contributed by atoms with E-state index in [9.17, 15) is 9.59 Å². The van der Waals surface area contributed by atoms with Gasteiger partial charge in [-0.15, -0.1) is 0 Å². The van der Waals surface area contributed by atoms with Crippen LogP contribution in [0.2, 0.25) is 0 Å². The number of hydrogen-bond donors (Lipinski definition) is 6. The van der Waals surface area contributed by atoms with E-state index in [2.05, 4.69) is 26.6 Å². The molecule has 0 aromatic rings. The average molecular weight is 345 g/mol. The third-order valence-corrected chi connectivity index (χ3v) is 3.94. The highest BCUT2D eigenvalue weighted by Gasteiger charge is 2.17. The second-order valence-electron chi connectivity index (χ2n) is 5.85. The Labute approximate surface area is 146 Å². The Morgan fingerprint density at radius 2 is 1.67 bits per heavy atom. The topological polar surface area (TPSA) is 120 Å². The number of nitrogens with two attached hydrogens (primary N) is 1. The highest BCUT2D eigenvalue weighted by atomic mass is 16.2. The van der Waals surface area contributed by atoms with E-state index < -0.39 is 0 Å². The Morgan fingerprint density at radius 1 is 0.958 bits per heavy atom. The van der Waals surface area contributed by atoms with Crippen LogP contribution in [0.5, 0.6) is 0 Å². The second-order valence-corrected chi connectivity index (χ2v) is 5.85. The Morgan fingerprint density at radius 3 is 2.25 bits per heavy atom. The van der Waals surface area contributed by atoms with E-state index in [1.807, 2.05) is 14.1 Å². The molecule has 0 saturated carbocycles. The Hall–Kier alpha value is -1.22. The molecular weight excluding hydrogens is 308 g/mol. The molecule has 0 aliphatic heterocycles. The van der Waals surface area contributed by atoms with E-state index in [4.69, 9.17) is 5.73 Å². The molecule has 24 heavy (non-hydrogen) atoms. The molecule has 0 aromatic carbocycles. The average Bonchev–Trinajstić information content (AvgIpc) is 2.58. The first-order valence-corrected chi connectivity index (χ1v) is 8.82. The Bertz CT molecular complexity index is 341. The summed E-state index contributed by atoms with van der Waals surface area (Å²) in [5.74, 6) is -0.0407. The SMILES string of the molecule is CNCCC[C@@H](CNC(=O)[C@H](CCCNC(=O)CCN)NC)NC. The van der Waals surface area contributed by atoms with Crippen LogP contribution >= 0.6 is 0 Å². The molecule has 8 heteroatoms. The fourth-order valence-corrected chi connectivity index (χ4v) is 2.38. The number of carbonyl (C=O) groups is 2. The van der Waals surface area contributed by atoms with Crippen LogP contribution in [0.3, 0.4) is 0 Å². The van der Waals surface area contributed by atoms with Gasteiger partial charge in [-0.05, 0) is 53.4 Å². The van der Waals surface area contributed by atoms with E-state index in [0.717, 1.165) is 25.8 Å². The summed E-state index contributed by atoms with van der Waals surface area (Å²) in [6.07, 6.45) is 3.84. The third-order valence-electron chi connectivity index (χ3n) is 3.94. The molecule has 0 unspecified atom stereocenters. The van der Waals surface area contributed by atoms with Crippen LogP contribution in [0.25, 0.3) is 0 Å². The van der Waals surface area contributed by atoms with Crippen molar-refractivity contribution in [3.8, 4) is 0 Å². The first-order chi connectivity index (χ1) is 11.6. The minimum Gasteiger partial charge on any atom is -0.356 e. The standard InChI is InChI=1S/C16H36N6O2/c1-18-10-4-6-13(19-2)12-22-16(24)14(20-3)7-5-11-21-15(23)8-9-17/h13-14,18-20H,4-12,17H2,1-3H3,(H,21,23)(H,22,24)/t13-,14-/m0/s1. The van der Waals surface area contributed by atoms with Gasteiger partial charge < -0.3 is 32.3 Å². The van der Waals surface area contributed by atoms with Crippen molar-refractivity contribution in [3.63, 3.8) is 0 Å². The fraction of sp³-hybridized carbons (Fsp3) is 0.875. The minimum absolute atomic E-state index is 0.000323. The zero-order valence-corrected chi connectivity index (χ0v) is 15.4. The lowest BCUT2D eigenvalue weighted by Gasteiger charge is -2.20. The molecule has 0 aliphatic rings. The van der Waals surface area contributed by atoms with Crippen molar-refractivity contribution < 1.29 is 9.59 Å². The first-order valence-electron chi connectivity index (χ1n) is 8.82. The van der Waals surface area contributed by atoms with Gasteiger partial charge in [-0.2, -0.15) is 0 Å². The van der Waals surface area contributed by atoms with E-state index in [1.165, 1.54) is 0 Å². The number of likely N-dealkylation sites (N-methyl/N-ethyl adjacent to an activating group) is 2. The van der Waals surface area contributed by atoms with Crippen LogP contribution in [-0.4, -0.2) is 71.2 Å². The summed E-state index contributed by atoms with van der Waals surface area (Å²) < 4.78 is 0. The van der Waals surface area contributed by atoms with Crippen LogP contribution < -0.4 is 32.3 Å². The number of hydrogen-bond acceptors (Lipinski definition) is 6. The van der Waals surface area contributed by atoms with Crippen LogP contribution in [0.4, 0.5) is 0 Å². The maximum Gasteiger partial charge on any atom is 0.237 e. The first kappa shape index (κ1) is 22.8. The molecule has 0 saturated heterocycles. The predicted molar refractivity (Wildman–Crippen MR) is 97.8 cm³/mol. The van der Waals surface area contributed by atoms with Crippen molar-refractivity contribution in [1.82, 2.24) is 26.6 Å². The Kier molecular flexibility index (Phi) is 14.5. The number of rotatable bonds is 15. The van der Waals surface area contributed by atoms with Gasteiger partial charge in [0.1, 0.15) is 0 Å². The molecule has 0 rings (SSSR count). The largest absolute Gasteiger partial charge is 0.356 e. The quantitative estimate of drug-likeness (QED) is 0.202. The van der Waals surface area contributed by atoms with Gasteiger partial charge in [-0.25, -0.2) is 0 Å². The van der Waals surface area contributed by atoms with Gasteiger partial charge in [0.25, 0.3) is 0 Å². The van der Waals surface area contributed by atoms with Gasteiger partial charge in [0.15, 0.2) is 0 Å². The fourth-order valence-electron chi connectivity index (χ4n) is 2.38. The van der Waals surface area contributed by atoms with Gasteiger partial charge in [0.05, 0.1) is 6.04 Å². The molecule has 0 spiro atoms. The number of amides is 2. The molecule has 0 aliphatic carbocycles. The summed E-state index contributed by atoms with van der Waals surface area (Å²) in [5.41, 5.74) is 5.32. The summed E-state index contributed by atoms with van der Waals surface area (Å²) in [6, 6.07) is 0.0292. The lowest BCUT2D eigenvalue weighted by molar-refractivity contribution is -0.123. The van der Waals surface area contributed by atoms with Crippen LogP contribution in [0, 0.1) is 0 Å². The van der Waals surface area contributed by atoms with Crippen molar-refractivity contribution in [2.75, 3.05) is 47.3 Å². The van der Waals surface area contributed by atoms with Crippen LogP contribution in [0.1, 0.15) is 32.1 Å². The lowest BCUT2D eigenvalue weighted by atomic mass is 10.1. The summed E-state index contributed by atoms with van der Waals surface area (Å²) in [4.78, 5) is 23.5. The molecule has 2 amide bonds. The Balaban J connectivity index is 3.99. The van der Waals surface area contributed by atoms with Crippen molar-refractivity contribution in [3.05, 3.63) is 0 Å². The van der Waals surface area contributed by atoms with Crippen molar-refractivity contribution in [2.45, 2.75) is 44.2 Å². The molecule has 0 radical (unpaired) electrons. The summed E-state index contributed by atoms with van der Waals surface area (Å²) in [5, 5.41) is 15.2. The van der Waals surface area contributed by atoms with Gasteiger partial charge in [0.2, 0.25) is 11.8 Å². The zero-order valence-electron chi connectivity index (χ0n) is 15.4. The molecule has 2 atom stereocenters. The molecule has 0 heterocycles. The maximum absolute atomic E-state index is 12.2. The number of nitrogens with one attached hydrogen (secondary N) is 5. The molecule has 0 fully saturated rings. The summed E-state index contributed by atoms with van der Waals surface area (Å²) in [6.45, 7) is 2.51. The molecule has 142 valence electrons. The maximum atomic E-state index is 12.2. The van der Waals surface area contributed by atoms with Gasteiger partial charge in [0, 0.05) is 32.1 Å². The highest BCUT2D eigenvalue weighted by molar-refractivity contribution is 5.81. The van der Waals surface area contributed by atoms with Crippen LogP contribution in [0.15, 0.2) is 0 Å². The van der Waals surface area contributed by atoms with Crippen molar-refractivity contribution in [2.24, 2.45) is 5.73 Å². The molecule has 0 bridgehead atoms. The number of carbonyl (C=O) groups excluding carboxylic acids is 2. The van der Waals surface area contributed by atoms with Gasteiger partial charge >= 0.3 is 0 Å². The molecule has 8 nitrogen and oxygen atoms in total. The van der Waals surface area contributed by atoms with Gasteiger partial charge in [-0.1, -0.05) is 0 Å². The zero-order chi connectivity index (χ0) is 18.2. The normalized spacial score (nSPS) is 13.3. The van der Waals surface area contributed by atoms with E-state index in [-0.39, 0.29) is 23.9 Å². The summed E-state index contributed by atoms with van der Waals surface area (Å²) in [7, 11) is 5.63. The van der Waals surface area contributed by atoms with E-state index in [1.54, 1.807) is 7.05 Å². The van der Waals surface area contributed by atoms with E-state index >= 15 is 0 Å². The summed E-state index contributed by atoms with van der Waals surface area (Å²) >= 11 is 0. The highest BCUT2D eigenvalue weighted by Crippen LogP contribution is 1.99. The third kappa shape index (κ3) is 11.3. The lowest BCUT2D eigenvalue weighted by Crippen LogP contribution is -2.47. The van der Waals surface area contributed by atoms with Crippen molar-refractivity contribution >= 4 is 11.8 Å². The smallest absolute Gasteiger partial charge is 0.237 e. The van der Waals surface area contributed by atoms with Crippen molar-refractivity contribution in [1.29, 1.82) is 0 Å². The second kappa shape index (κ2) is 15.3.